The molecule has 1 aromatic heterocycles. The second-order valence-corrected chi connectivity index (χ2v) is 11.2. The number of ether oxygens (including phenoxy) is 1. The van der Waals surface area contributed by atoms with Crippen LogP contribution in [0.1, 0.15) is 58.8 Å². The first-order valence-corrected chi connectivity index (χ1v) is 13.5. The van der Waals surface area contributed by atoms with E-state index in [0.717, 1.165) is 52.0 Å². The molecule has 2 aliphatic rings. The predicted octanol–water partition coefficient (Wildman–Crippen LogP) is 7.49. The number of amides is 1. The first-order chi connectivity index (χ1) is 18.8. The number of alkyl halides is 2. The molecule has 2 heterocycles. The van der Waals surface area contributed by atoms with Crippen LogP contribution in [0.25, 0.3) is 10.9 Å². The summed E-state index contributed by atoms with van der Waals surface area (Å²) >= 11 is 0. The SMILES string of the molecule is COc1cc(C)c2[nH]ccc2c1CN1CCC2(C[C@H]1c1ccc(C(=O)Nc3ccccc3)cc1)CC(F)(F)C2. The Hall–Kier alpha value is -3.71. The monoisotopic (exact) mass is 529 g/mol. The van der Waals surface area contributed by atoms with E-state index in [4.69, 9.17) is 4.74 Å². The van der Waals surface area contributed by atoms with Crippen LogP contribution in [-0.2, 0) is 6.54 Å². The summed E-state index contributed by atoms with van der Waals surface area (Å²) in [6, 6.07) is 21.1. The van der Waals surface area contributed by atoms with Gasteiger partial charge in [-0.2, -0.15) is 0 Å². The Balaban J connectivity index is 1.29. The number of aromatic nitrogens is 1. The van der Waals surface area contributed by atoms with Gasteiger partial charge >= 0.3 is 0 Å². The molecule has 202 valence electrons. The number of methoxy groups -OCH3 is 1. The molecule has 1 saturated heterocycles. The van der Waals surface area contributed by atoms with Crippen molar-refractivity contribution in [2.45, 2.75) is 51.1 Å². The lowest BCUT2D eigenvalue weighted by Crippen LogP contribution is -2.53. The van der Waals surface area contributed by atoms with Crippen LogP contribution in [-0.4, -0.2) is 35.4 Å². The molecule has 1 spiro atoms. The first kappa shape index (κ1) is 25.6. The van der Waals surface area contributed by atoms with Crippen molar-refractivity contribution in [1.82, 2.24) is 9.88 Å². The Morgan fingerprint density at radius 1 is 1.10 bits per heavy atom. The highest BCUT2D eigenvalue weighted by molar-refractivity contribution is 6.04. The van der Waals surface area contributed by atoms with Crippen molar-refractivity contribution >= 4 is 22.5 Å². The molecule has 1 aliphatic carbocycles. The lowest BCUT2D eigenvalue weighted by molar-refractivity contribution is -0.186. The van der Waals surface area contributed by atoms with Gasteiger partial charge in [0, 0.05) is 59.3 Å². The number of benzene rings is 3. The summed E-state index contributed by atoms with van der Waals surface area (Å²) in [5.41, 5.74) is 5.30. The van der Waals surface area contributed by atoms with Crippen molar-refractivity contribution in [1.29, 1.82) is 0 Å². The van der Waals surface area contributed by atoms with Crippen LogP contribution in [0, 0.1) is 12.3 Å². The maximum Gasteiger partial charge on any atom is 0.255 e. The minimum Gasteiger partial charge on any atom is -0.496 e. The number of aromatic amines is 1. The molecule has 1 atom stereocenters. The second kappa shape index (κ2) is 9.79. The van der Waals surface area contributed by atoms with Gasteiger partial charge in [-0.25, -0.2) is 8.78 Å². The summed E-state index contributed by atoms with van der Waals surface area (Å²) in [5, 5.41) is 4.04. The molecule has 1 saturated carbocycles. The summed E-state index contributed by atoms with van der Waals surface area (Å²) in [7, 11) is 1.69. The third-order valence-electron chi connectivity index (χ3n) is 8.55. The van der Waals surface area contributed by atoms with Gasteiger partial charge in [0.05, 0.1) is 7.11 Å². The first-order valence-electron chi connectivity index (χ1n) is 13.5. The average Bonchev–Trinajstić information content (AvgIpc) is 3.41. The Morgan fingerprint density at radius 2 is 1.85 bits per heavy atom. The normalized spacial score (nSPS) is 20.1. The fourth-order valence-corrected chi connectivity index (χ4v) is 6.63. The number of aryl methyl sites for hydroxylation is 1. The maximum absolute atomic E-state index is 14.1. The van der Waals surface area contributed by atoms with E-state index in [9.17, 15) is 13.6 Å². The number of hydrogen-bond donors (Lipinski definition) is 2. The number of carbonyl (C=O) groups is 1. The third-order valence-corrected chi connectivity index (χ3v) is 8.55. The van der Waals surface area contributed by atoms with E-state index >= 15 is 0 Å². The summed E-state index contributed by atoms with van der Waals surface area (Å²) in [6.07, 6.45) is 3.28. The van der Waals surface area contributed by atoms with Gasteiger partial charge in [-0.1, -0.05) is 30.3 Å². The van der Waals surface area contributed by atoms with Gasteiger partial charge < -0.3 is 15.0 Å². The van der Waals surface area contributed by atoms with Gasteiger partial charge in [0.1, 0.15) is 5.75 Å². The van der Waals surface area contributed by atoms with Crippen LogP contribution in [0.2, 0.25) is 0 Å². The van der Waals surface area contributed by atoms with Crippen LogP contribution in [0.5, 0.6) is 5.75 Å². The largest absolute Gasteiger partial charge is 0.496 e. The number of piperidine rings is 1. The number of H-pyrrole nitrogens is 1. The Morgan fingerprint density at radius 3 is 2.54 bits per heavy atom. The number of para-hydroxylation sites is 1. The highest BCUT2D eigenvalue weighted by atomic mass is 19.3. The smallest absolute Gasteiger partial charge is 0.255 e. The van der Waals surface area contributed by atoms with Crippen molar-refractivity contribution in [3.63, 3.8) is 0 Å². The quantitative estimate of drug-likeness (QED) is 0.272. The molecule has 6 rings (SSSR count). The van der Waals surface area contributed by atoms with E-state index in [-0.39, 0.29) is 30.2 Å². The standard InChI is InChI=1S/C32H33F2N3O2/c1-21-16-28(39-2)26(25-12-14-35-29(21)25)18-37-15-13-31(19-32(33,34)20-31)17-27(37)22-8-10-23(11-9-22)30(38)36-24-6-4-3-5-7-24/h3-12,14,16,27,35H,13,15,17-20H2,1-2H3,(H,36,38)/t27-/m0/s1. The highest BCUT2D eigenvalue weighted by Crippen LogP contribution is 2.60. The molecule has 1 amide bonds. The van der Waals surface area contributed by atoms with Gasteiger partial charge in [-0.05, 0) is 79.3 Å². The zero-order valence-electron chi connectivity index (χ0n) is 22.3. The number of anilines is 1. The number of nitrogens with zero attached hydrogens (tertiary/aromatic N) is 1. The average molecular weight is 530 g/mol. The molecule has 5 nitrogen and oxygen atoms in total. The minimum absolute atomic E-state index is 0.0407. The van der Waals surface area contributed by atoms with Crippen LogP contribution in [0.4, 0.5) is 14.5 Å². The van der Waals surface area contributed by atoms with Crippen molar-refractivity contribution in [3.05, 3.63) is 95.2 Å². The number of likely N-dealkylation sites (tertiary alicyclic amines) is 1. The molecular formula is C32H33F2N3O2. The maximum atomic E-state index is 14.1. The molecule has 0 unspecified atom stereocenters. The number of nitrogens with one attached hydrogen (secondary N) is 2. The summed E-state index contributed by atoms with van der Waals surface area (Å²) in [4.78, 5) is 18.5. The molecule has 7 heteroatoms. The summed E-state index contributed by atoms with van der Waals surface area (Å²) in [6.45, 7) is 3.43. The molecule has 0 radical (unpaired) electrons. The van der Waals surface area contributed by atoms with Gasteiger partial charge in [0.15, 0.2) is 0 Å². The number of fused-ring (bicyclic) bond motifs is 1. The van der Waals surface area contributed by atoms with Crippen molar-refractivity contribution in [2.24, 2.45) is 5.41 Å². The van der Waals surface area contributed by atoms with Gasteiger partial charge in [-0.15, -0.1) is 0 Å². The van der Waals surface area contributed by atoms with Crippen LogP contribution < -0.4 is 10.1 Å². The molecule has 1 aliphatic heterocycles. The predicted molar refractivity (Wildman–Crippen MR) is 149 cm³/mol. The Kier molecular flexibility index (Phi) is 6.42. The summed E-state index contributed by atoms with van der Waals surface area (Å²) in [5.74, 6) is -1.91. The minimum atomic E-state index is -2.57. The van der Waals surface area contributed by atoms with Gasteiger partial charge in [0.25, 0.3) is 5.91 Å². The molecule has 4 aromatic rings. The molecule has 39 heavy (non-hydrogen) atoms. The summed E-state index contributed by atoms with van der Waals surface area (Å²) < 4.78 is 33.9. The second-order valence-electron chi connectivity index (χ2n) is 11.2. The van der Waals surface area contributed by atoms with Crippen LogP contribution in [0.15, 0.2) is 72.9 Å². The zero-order valence-corrected chi connectivity index (χ0v) is 22.3. The fourth-order valence-electron chi connectivity index (χ4n) is 6.63. The lowest BCUT2D eigenvalue weighted by Gasteiger charge is -2.54. The van der Waals surface area contributed by atoms with E-state index in [1.807, 2.05) is 60.8 Å². The molecule has 2 fully saturated rings. The lowest BCUT2D eigenvalue weighted by atomic mass is 9.59. The topological polar surface area (TPSA) is 57.4 Å². The van der Waals surface area contributed by atoms with E-state index in [2.05, 4.69) is 34.3 Å². The molecule has 0 bridgehead atoms. The highest BCUT2D eigenvalue weighted by Gasteiger charge is 2.58. The van der Waals surface area contributed by atoms with E-state index in [1.165, 1.54) is 0 Å². The Labute approximate surface area is 227 Å². The van der Waals surface area contributed by atoms with E-state index in [1.54, 1.807) is 7.11 Å². The number of halogens is 2. The van der Waals surface area contributed by atoms with Crippen LogP contribution >= 0.6 is 0 Å². The van der Waals surface area contributed by atoms with E-state index < -0.39 is 5.92 Å². The van der Waals surface area contributed by atoms with Crippen LogP contribution in [0.3, 0.4) is 0 Å². The van der Waals surface area contributed by atoms with Crippen molar-refractivity contribution in [3.8, 4) is 5.75 Å². The van der Waals surface area contributed by atoms with Crippen molar-refractivity contribution in [2.75, 3.05) is 19.0 Å². The number of hydrogen-bond acceptors (Lipinski definition) is 3. The van der Waals surface area contributed by atoms with Gasteiger partial charge in [-0.3, -0.25) is 9.69 Å². The van der Waals surface area contributed by atoms with Gasteiger partial charge in [0.2, 0.25) is 5.92 Å². The number of rotatable bonds is 6. The fraction of sp³-hybridized carbons (Fsp3) is 0.344. The zero-order chi connectivity index (χ0) is 27.2. The van der Waals surface area contributed by atoms with E-state index in [0.29, 0.717) is 18.5 Å². The molecule has 3 aromatic carbocycles. The number of carbonyl (C=O) groups excluding carboxylic acids is 1. The molecular weight excluding hydrogens is 496 g/mol. The third kappa shape index (κ3) is 4.91. The molecule has 2 N–H and O–H groups in total. The Bertz CT molecular complexity index is 1490. The van der Waals surface area contributed by atoms with Crippen molar-refractivity contribution < 1.29 is 18.3 Å².